The Bertz CT molecular complexity index is 1480. The quantitative estimate of drug-likeness (QED) is 0.310. The van der Waals surface area contributed by atoms with E-state index in [0.717, 1.165) is 69.7 Å². The molecule has 0 bridgehead atoms. The summed E-state index contributed by atoms with van der Waals surface area (Å²) in [4.78, 5) is 32.6. The van der Waals surface area contributed by atoms with E-state index in [1.54, 1.807) is 23.0 Å². The number of carbonyl (C=O) groups is 2. The lowest BCUT2D eigenvalue weighted by molar-refractivity contribution is -0.138. The van der Waals surface area contributed by atoms with Crippen LogP contribution in [0.1, 0.15) is 73.7 Å². The molecule has 4 heterocycles. The Morgan fingerprint density at radius 2 is 2.07 bits per heavy atom. The number of hydrogen-bond donors (Lipinski definition) is 3. The molecule has 1 aliphatic carbocycles. The number of amides is 1. The number of halogens is 2. The van der Waals surface area contributed by atoms with E-state index in [-0.39, 0.29) is 31.2 Å². The number of nitrogens with zero attached hydrogens (tertiary/aromatic N) is 4. The standard InChI is InChI=1S/C32H40F2N6O3/c33-32(34)13-12-25(17-32)40-20-22-5-1-9-26(28(22)38-40)27(31(42)43)18-36-30(41)23-7-3-15-39(19-23)16-4-8-24-11-10-21-6-2-14-35-29(21)37-24/h1,5,9-11,20,23,25,27H,2-4,6-8,12-19H2,(H,35,37)(H,36,41)(H,42,43)/t23-,25+,27+/m1/s1. The maximum Gasteiger partial charge on any atom is 0.312 e. The van der Waals surface area contributed by atoms with E-state index in [1.165, 1.54) is 5.56 Å². The van der Waals surface area contributed by atoms with E-state index in [0.29, 0.717) is 29.4 Å². The number of piperidine rings is 1. The number of rotatable bonds is 10. The summed E-state index contributed by atoms with van der Waals surface area (Å²) < 4.78 is 29.2. The first kappa shape index (κ1) is 29.5. The summed E-state index contributed by atoms with van der Waals surface area (Å²) in [6.45, 7) is 3.38. The van der Waals surface area contributed by atoms with Gasteiger partial charge in [0, 0.05) is 49.8 Å². The molecule has 3 aliphatic rings. The van der Waals surface area contributed by atoms with E-state index < -0.39 is 23.9 Å². The minimum Gasteiger partial charge on any atom is -0.481 e. The van der Waals surface area contributed by atoms with Crippen molar-refractivity contribution in [2.75, 3.05) is 38.0 Å². The van der Waals surface area contributed by atoms with Crippen molar-refractivity contribution < 1.29 is 23.5 Å². The van der Waals surface area contributed by atoms with Crippen LogP contribution in [0.15, 0.2) is 36.5 Å². The maximum absolute atomic E-state index is 13.8. The molecular weight excluding hydrogens is 554 g/mol. The van der Waals surface area contributed by atoms with Crippen LogP contribution in [0.2, 0.25) is 0 Å². The molecule has 3 N–H and O–H groups in total. The second-order valence-electron chi connectivity index (χ2n) is 12.4. The fraction of sp³-hybridized carbons (Fsp3) is 0.562. The number of carboxylic acids is 1. The number of carbonyl (C=O) groups excluding carboxylic acids is 1. The zero-order chi connectivity index (χ0) is 30.0. The highest BCUT2D eigenvalue weighted by Crippen LogP contribution is 2.42. The van der Waals surface area contributed by atoms with Gasteiger partial charge >= 0.3 is 5.97 Å². The van der Waals surface area contributed by atoms with Crippen LogP contribution < -0.4 is 10.6 Å². The van der Waals surface area contributed by atoms with Crippen LogP contribution >= 0.6 is 0 Å². The van der Waals surface area contributed by atoms with Crippen molar-refractivity contribution >= 4 is 28.6 Å². The smallest absolute Gasteiger partial charge is 0.312 e. The van der Waals surface area contributed by atoms with Gasteiger partial charge in [-0.15, -0.1) is 0 Å². The monoisotopic (exact) mass is 594 g/mol. The predicted molar refractivity (Wildman–Crippen MR) is 159 cm³/mol. The molecule has 1 saturated heterocycles. The Morgan fingerprint density at radius 1 is 1.19 bits per heavy atom. The minimum absolute atomic E-state index is 0.0594. The fourth-order valence-corrected chi connectivity index (χ4v) is 6.85. The molecule has 0 radical (unpaired) electrons. The van der Waals surface area contributed by atoms with Crippen molar-refractivity contribution in [3.05, 3.63) is 53.3 Å². The highest BCUT2D eigenvalue weighted by Gasteiger charge is 2.41. The molecule has 0 unspecified atom stereocenters. The van der Waals surface area contributed by atoms with Crippen molar-refractivity contribution in [3.63, 3.8) is 0 Å². The van der Waals surface area contributed by atoms with Crippen LogP contribution in [0.25, 0.3) is 10.9 Å². The number of aromatic nitrogens is 3. The highest BCUT2D eigenvalue weighted by molar-refractivity contribution is 5.88. The van der Waals surface area contributed by atoms with Gasteiger partial charge < -0.3 is 20.6 Å². The number of likely N-dealkylation sites (tertiary alicyclic amines) is 1. The molecule has 6 rings (SSSR count). The Balaban J connectivity index is 1.04. The van der Waals surface area contributed by atoms with Gasteiger partial charge in [-0.3, -0.25) is 14.3 Å². The van der Waals surface area contributed by atoms with Crippen molar-refractivity contribution in [1.82, 2.24) is 25.0 Å². The zero-order valence-corrected chi connectivity index (χ0v) is 24.4. The largest absolute Gasteiger partial charge is 0.481 e. The van der Waals surface area contributed by atoms with E-state index in [4.69, 9.17) is 4.98 Å². The lowest BCUT2D eigenvalue weighted by Gasteiger charge is -2.32. The molecule has 11 heteroatoms. The Kier molecular flexibility index (Phi) is 8.61. The number of benzene rings is 1. The van der Waals surface area contributed by atoms with E-state index in [1.807, 2.05) is 6.07 Å². The third-order valence-corrected chi connectivity index (χ3v) is 9.23. The summed E-state index contributed by atoms with van der Waals surface area (Å²) in [5.41, 5.74) is 3.32. The van der Waals surface area contributed by atoms with Crippen LogP contribution in [-0.4, -0.2) is 75.3 Å². The molecule has 0 spiro atoms. The van der Waals surface area contributed by atoms with Crippen LogP contribution in [0.3, 0.4) is 0 Å². The summed E-state index contributed by atoms with van der Waals surface area (Å²) in [6.07, 6.45) is 7.34. The van der Waals surface area contributed by atoms with E-state index in [2.05, 4.69) is 32.8 Å². The summed E-state index contributed by atoms with van der Waals surface area (Å²) in [5.74, 6) is -4.09. The summed E-state index contributed by atoms with van der Waals surface area (Å²) in [6, 6.07) is 9.14. The van der Waals surface area contributed by atoms with Gasteiger partial charge in [-0.25, -0.2) is 13.8 Å². The van der Waals surface area contributed by atoms with Gasteiger partial charge in [-0.1, -0.05) is 24.3 Å². The van der Waals surface area contributed by atoms with Crippen LogP contribution in [0.5, 0.6) is 0 Å². The van der Waals surface area contributed by atoms with Gasteiger partial charge in [-0.05, 0) is 75.2 Å². The Hall–Kier alpha value is -3.60. The van der Waals surface area contributed by atoms with Gasteiger partial charge in [0.15, 0.2) is 0 Å². The van der Waals surface area contributed by atoms with Crippen molar-refractivity contribution in [3.8, 4) is 0 Å². The fourth-order valence-electron chi connectivity index (χ4n) is 6.85. The van der Waals surface area contributed by atoms with Gasteiger partial charge in [0.25, 0.3) is 0 Å². The molecule has 2 aromatic heterocycles. The zero-order valence-electron chi connectivity index (χ0n) is 24.4. The normalized spacial score (nSPS) is 22.6. The number of aryl methyl sites for hydroxylation is 2. The molecular formula is C32H40F2N6O3. The average molecular weight is 595 g/mol. The first-order valence-corrected chi connectivity index (χ1v) is 15.6. The number of aliphatic carboxylic acids is 1. The number of fused-ring (bicyclic) bond motifs is 2. The van der Waals surface area contributed by atoms with Crippen molar-refractivity contribution in [2.24, 2.45) is 5.92 Å². The summed E-state index contributed by atoms with van der Waals surface area (Å²) in [5, 5.41) is 21.6. The molecule has 9 nitrogen and oxygen atoms in total. The average Bonchev–Trinajstić information content (AvgIpc) is 3.60. The number of anilines is 1. The van der Waals surface area contributed by atoms with Gasteiger partial charge in [-0.2, -0.15) is 5.10 Å². The number of nitrogens with one attached hydrogen (secondary N) is 2. The van der Waals surface area contributed by atoms with Crippen molar-refractivity contribution in [2.45, 2.75) is 75.7 Å². The second kappa shape index (κ2) is 12.6. The van der Waals surface area contributed by atoms with E-state index >= 15 is 0 Å². The Morgan fingerprint density at radius 3 is 2.88 bits per heavy atom. The van der Waals surface area contributed by atoms with Crippen LogP contribution in [-0.2, 0) is 22.4 Å². The molecule has 1 aromatic carbocycles. The lowest BCUT2D eigenvalue weighted by atomic mass is 9.94. The topological polar surface area (TPSA) is 112 Å². The van der Waals surface area contributed by atoms with Gasteiger partial charge in [0.2, 0.25) is 11.8 Å². The highest BCUT2D eigenvalue weighted by atomic mass is 19.3. The minimum atomic E-state index is -2.70. The number of alkyl halides is 2. The first-order valence-electron chi connectivity index (χ1n) is 15.6. The summed E-state index contributed by atoms with van der Waals surface area (Å²) >= 11 is 0. The molecule has 2 aliphatic heterocycles. The van der Waals surface area contributed by atoms with E-state index in [9.17, 15) is 23.5 Å². The number of pyridine rings is 1. The molecule has 2 fully saturated rings. The molecule has 230 valence electrons. The van der Waals surface area contributed by atoms with Crippen molar-refractivity contribution in [1.29, 1.82) is 0 Å². The molecule has 3 aromatic rings. The Labute approximate surface area is 250 Å². The predicted octanol–water partition coefficient (Wildman–Crippen LogP) is 4.78. The SMILES string of the molecule is O=C(NC[C@H](C(=O)O)c1cccc2cn([C@H]3CCC(F)(F)C3)nc12)[C@@H]1CCCN(CCCc2ccc3c(n2)NCCC3)C1. The van der Waals surface area contributed by atoms with Gasteiger partial charge in [0.05, 0.1) is 17.5 Å². The maximum atomic E-state index is 13.8. The molecule has 3 atom stereocenters. The summed E-state index contributed by atoms with van der Waals surface area (Å²) in [7, 11) is 0. The molecule has 43 heavy (non-hydrogen) atoms. The lowest BCUT2D eigenvalue weighted by Crippen LogP contribution is -2.44. The first-order chi connectivity index (χ1) is 20.8. The molecule has 1 amide bonds. The third kappa shape index (κ3) is 6.82. The second-order valence-corrected chi connectivity index (χ2v) is 12.4. The van der Waals surface area contributed by atoms with Crippen LogP contribution in [0, 0.1) is 5.92 Å². The van der Waals surface area contributed by atoms with Crippen LogP contribution in [0.4, 0.5) is 14.6 Å². The number of carboxylic acid groups (broad SMARTS) is 1. The van der Waals surface area contributed by atoms with Gasteiger partial charge in [0.1, 0.15) is 11.7 Å². The molecule has 1 saturated carbocycles. The third-order valence-electron chi connectivity index (χ3n) is 9.23. The number of hydrogen-bond acceptors (Lipinski definition) is 6.